The first-order chi connectivity index (χ1) is 11.3. The number of fused-ring (bicyclic) bond motifs is 1. The van der Waals surface area contributed by atoms with Gasteiger partial charge in [0.2, 0.25) is 0 Å². The van der Waals surface area contributed by atoms with Gasteiger partial charge in [0.05, 0.1) is 18.9 Å². The standard InChI is InChI=1S/C19H19N2.Y/c1-5-14(2)17-13-21(18-11-7-6-9-15(18)3)19-16(17)10-8-12-20(19)4;/h6-12H,1-4H3;/q-1;/i2D3;. The third kappa shape index (κ3) is 2.82. The number of rotatable bonds is 2. The first-order valence-electron chi connectivity index (χ1n) is 8.38. The second-order valence-corrected chi connectivity index (χ2v) is 5.09. The van der Waals surface area contributed by atoms with Gasteiger partial charge in [-0.15, -0.1) is 25.4 Å². The van der Waals surface area contributed by atoms with E-state index in [0.29, 0.717) is 5.56 Å². The summed E-state index contributed by atoms with van der Waals surface area (Å²) in [6.45, 7) is 1.43. The summed E-state index contributed by atoms with van der Waals surface area (Å²) in [6, 6.07) is 11.8. The molecule has 22 heavy (non-hydrogen) atoms. The average Bonchev–Trinajstić information content (AvgIpc) is 2.88. The van der Waals surface area contributed by atoms with Crippen molar-refractivity contribution in [1.82, 2.24) is 4.57 Å². The minimum atomic E-state index is -2.23. The number of nitrogens with zero attached hydrogens (tertiary/aromatic N) is 2. The monoisotopic (exact) mass is 367 g/mol. The molecular formula is C19H19N2Y-. The fraction of sp³-hybridized carbons (Fsp3) is 0.211. The zero-order chi connectivity index (χ0) is 17.5. The van der Waals surface area contributed by atoms with Crippen LogP contribution in [0.2, 0.25) is 0 Å². The van der Waals surface area contributed by atoms with Crippen molar-refractivity contribution in [2.75, 3.05) is 0 Å². The molecule has 0 fully saturated rings. The smallest absolute Gasteiger partial charge is 0.177 e. The number of hydrogen-bond acceptors (Lipinski definition) is 0. The Hall–Kier alpha value is -1.25. The van der Waals surface area contributed by atoms with Crippen LogP contribution in [-0.2, 0) is 39.8 Å². The number of pyridine rings is 1. The summed E-state index contributed by atoms with van der Waals surface area (Å²) in [4.78, 5) is 0. The van der Waals surface area contributed by atoms with Crippen molar-refractivity contribution in [2.24, 2.45) is 7.05 Å². The molecule has 1 aromatic rings. The summed E-state index contributed by atoms with van der Waals surface area (Å²) in [5.41, 5.74) is 3.71. The molecule has 0 bridgehead atoms. The van der Waals surface area contributed by atoms with Crippen LogP contribution in [0.15, 0.2) is 42.6 Å². The van der Waals surface area contributed by atoms with E-state index in [4.69, 9.17) is 4.11 Å². The van der Waals surface area contributed by atoms with Gasteiger partial charge < -0.3 is 10.6 Å². The van der Waals surface area contributed by atoms with Crippen LogP contribution >= 0.6 is 0 Å². The largest absolute Gasteiger partial charge is 0.317 e. The summed E-state index contributed by atoms with van der Waals surface area (Å²) in [5.74, 6) is 0.902. The number of allylic oxidation sites excluding steroid dienone is 2. The predicted molar refractivity (Wildman–Crippen MR) is 85.1 cm³/mol. The predicted octanol–water partition coefficient (Wildman–Crippen LogP) is 3.74. The van der Waals surface area contributed by atoms with E-state index in [1.807, 2.05) is 65.7 Å². The fourth-order valence-electron chi connectivity index (χ4n) is 2.61. The Kier molecular flexibility index (Phi) is 4.14. The Labute approximate surface area is 161 Å². The van der Waals surface area contributed by atoms with Crippen molar-refractivity contribution >= 4 is 5.57 Å². The molecule has 0 aromatic heterocycles. The minimum absolute atomic E-state index is 0. The van der Waals surface area contributed by atoms with Crippen LogP contribution in [0.1, 0.15) is 29.0 Å². The maximum atomic E-state index is 7.81. The van der Waals surface area contributed by atoms with Gasteiger partial charge in [-0.2, -0.15) is 0 Å². The quantitative estimate of drug-likeness (QED) is 0.482. The molecule has 0 amide bonds. The number of hydrogen-bond donors (Lipinski definition) is 0. The van der Waals surface area contributed by atoms with Crippen molar-refractivity contribution in [1.29, 1.82) is 0 Å². The molecule has 0 saturated heterocycles. The van der Waals surface area contributed by atoms with Crippen LogP contribution in [0.25, 0.3) is 22.6 Å². The second-order valence-electron chi connectivity index (χ2n) is 5.09. The first-order valence-corrected chi connectivity index (χ1v) is 6.88. The maximum absolute atomic E-state index is 7.81. The Morgan fingerprint density at radius 2 is 2.05 bits per heavy atom. The molecule has 2 aliphatic heterocycles. The van der Waals surface area contributed by atoms with Crippen LogP contribution < -0.4 is 4.57 Å². The topological polar surface area (TPSA) is 8.81 Å². The third-order valence-electron chi connectivity index (χ3n) is 3.71. The molecule has 109 valence electrons. The molecule has 3 rings (SSSR count). The van der Waals surface area contributed by atoms with Gasteiger partial charge >= 0.3 is 0 Å². The van der Waals surface area contributed by atoms with Gasteiger partial charge in [-0.3, -0.25) is 10.1 Å². The molecule has 0 unspecified atom stereocenters. The summed E-state index contributed by atoms with van der Waals surface area (Å²) in [6.07, 6.45) is 8.08. The normalized spacial score (nSPS) is 14.1. The van der Waals surface area contributed by atoms with Crippen LogP contribution in [-0.4, -0.2) is 4.57 Å². The van der Waals surface area contributed by atoms with Crippen LogP contribution in [0, 0.1) is 19.2 Å². The molecule has 2 nitrogen and oxygen atoms in total. The van der Waals surface area contributed by atoms with Gasteiger partial charge in [0.1, 0.15) is 0 Å². The van der Waals surface area contributed by atoms with Crippen molar-refractivity contribution in [2.45, 2.75) is 20.7 Å². The molecule has 0 N–H and O–H groups in total. The van der Waals surface area contributed by atoms with Crippen LogP contribution in [0.4, 0.5) is 0 Å². The van der Waals surface area contributed by atoms with Crippen molar-refractivity contribution in [3.05, 3.63) is 66.0 Å². The molecule has 3 heteroatoms. The Morgan fingerprint density at radius 3 is 2.73 bits per heavy atom. The van der Waals surface area contributed by atoms with E-state index in [2.05, 4.69) is 12.3 Å². The summed E-state index contributed by atoms with van der Waals surface area (Å²) in [5, 5.41) is 0. The van der Waals surface area contributed by atoms with E-state index < -0.39 is 6.85 Å². The van der Waals surface area contributed by atoms with Gasteiger partial charge in [-0.05, 0) is 30.8 Å². The van der Waals surface area contributed by atoms with Crippen molar-refractivity contribution in [3.8, 4) is 17.1 Å². The third-order valence-corrected chi connectivity index (χ3v) is 3.71. The van der Waals surface area contributed by atoms with E-state index >= 15 is 0 Å². The molecular weight excluding hydrogens is 345 g/mol. The van der Waals surface area contributed by atoms with Crippen LogP contribution in [0.5, 0.6) is 0 Å². The number of para-hydroxylation sites is 1. The van der Waals surface area contributed by atoms with Gasteiger partial charge in [0.15, 0.2) is 5.82 Å². The number of benzene rings is 1. The average molecular weight is 367 g/mol. The van der Waals surface area contributed by atoms with Crippen LogP contribution in [0.3, 0.4) is 0 Å². The summed E-state index contributed by atoms with van der Waals surface area (Å²) in [7, 11) is 1.95. The maximum Gasteiger partial charge on any atom is 0.177 e. The van der Waals surface area contributed by atoms with E-state index in [1.165, 1.54) is 0 Å². The van der Waals surface area contributed by atoms with Gasteiger partial charge in [-0.25, -0.2) is 5.56 Å². The van der Waals surface area contributed by atoms with Gasteiger partial charge in [0.25, 0.3) is 0 Å². The minimum Gasteiger partial charge on any atom is -0.317 e. The molecule has 0 aliphatic carbocycles. The molecule has 2 heterocycles. The van der Waals surface area contributed by atoms with E-state index in [0.717, 1.165) is 22.6 Å². The molecule has 1 aromatic carbocycles. The second kappa shape index (κ2) is 6.89. The van der Waals surface area contributed by atoms with Crippen molar-refractivity contribution in [3.63, 3.8) is 0 Å². The molecule has 0 saturated carbocycles. The van der Waals surface area contributed by atoms with Gasteiger partial charge in [0, 0.05) is 36.8 Å². The van der Waals surface area contributed by atoms with E-state index in [9.17, 15) is 0 Å². The Balaban J connectivity index is 0.00000225. The molecule has 2 aliphatic rings. The van der Waals surface area contributed by atoms with Crippen molar-refractivity contribution < 1.29 is 41.4 Å². The van der Waals surface area contributed by atoms with E-state index in [-0.39, 0.29) is 38.3 Å². The first kappa shape index (κ1) is 13.2. The molecule has 0 atom stereocenters. The number of aryl methyl sites for hydroxylation is 2. The Bertz CT molecular complexity index is 894. The molecule has 1 radical (unpaired) electrons. The summed E-state index contributed by atoms with van der Waals surface area (Å²) >= 11 is 0. The number of aromatic nitrogens is 2. The fourth-order valence-corrected chi connectivity index (χ4v) is 2.61. The SMILES string of the molecule is [2H]C([2H])([2H])C(=[C-]C)c1[c-][n+](-c2ccccc2C)c2n(C)cccc1-2.[Y]. The molecule has 0 spiro atoms. The zero-order valence-electron chi connectivity index (χ0n) is 16.0. The summed E-state index contributed by atoms with van der Waals surface area (Å²) < 4.78 is 27.3. The van der Waals surface area contributed by atoms with Gasteiger partial charge in [-0.1, -0.05) is 18.2 Å². The Morgan fingerprint density at radius 1 is 1.27 bits per heavy atom. The zero-order valence-corrected chi connectivity index (χ0v) is 15.9. The van der Waals surface area contributed by atoms with E-state index in [1.54, 1.807) is 6.92 Å².